The molecule has 0 aliphatic carbocycles. The number of hydrogen-bond acceptors (Lipinski definition) is 1. The molecule has 0 aromatic carbocycles. The molecule has 3 heteroatoms. The van der Waals surface area contributed by atoms with Crippen LogP contribution in [0.25, 0.3) is 5.32 Å². The molecule has 0 aromatic heterocycles. The summed E-state index contributed by atoms with van der Waals surface area (Å²) >= 11 is 0. The molecule has 0 rings (SSSR count). The number of hydrogen-bond donors (Lipinski definition) is 0. The van der Waals surface area contributed by atoms with E-state index in [1.165, 1.54) is 0 Å². The van der Waals surface area contributed by atoms with Crippen LogP contribution in [0, 0.1) is 0 Å². The second kappa shape index (κ2) is 6.28. The predicted octanol–water partition coefficient (Wildman–Crippen LogP) is 1.70. The van der Waals surface area contributed by atoms with Crippen molar-refractivity contribution in [2.45, 2.75) is 33.2 Å². The molecule has 0 spiro atoms. The van der Waals surface area contributed by atoms with Crippen molar-refractivity contribution >= 4 is 5.91 Å². The Labute approximate surface area is 70.7 Å². The summed E-state index contributed by atoms with van der Waals surface area (Å²) in [5.41, 5.74) is 0. The summed E-state index contributed by atoms with van der Waals surface area (Å²) in [5, 5.41) is 3.76. The van der Waals surface area contributed by atoms with Gasteiger partial charge in [0, 0.05) is 21.1 Å². The smallest absolute Gasteiger partial charge is 0.0510 e. The van der Waals surface area contributed by atoms with Gasteiger partial charge in [-0.2, -0.15) is 0 Å². The van der Waals surface area contributed by atoms with E-state index in [0.29, 0.717) is 6.42 Å². The molecule has 2 nitrogen and oxygen atoms in total. The standard InChI is InChI=1S/C6H13NO.W/c1-4-6(8)7-5(2)3;/h5H,4H2,1-3H3,(H,7,8);/p-1. The van der Waals surface area contributed by atoms with Gasteiger partial charge in [-0.15, -0.1) is 6.04 Å². The molecule has 9 heavy (non-hydrogen) atoms. The summed E-state index contributed by atoms with van der Waals surface area (Å²) in [5.74, 6) is 0.000000000000000444. The van der Waals surface area contributed by atoms with Gasteiger partial charge in [0.15, 0.2) is 0 Å². The van der Waals surface area contributed by atoms with Crippen molar-refractivity contribution in [3.63, 3.8) is 0 Å². The van der Waals surface area contributed by atoms with Gasteiger partial charge in [0.2, 0.25) is 0 Å². The fourth-order valence-corrected chi connectivity index (χ4v) is 0.379. The SMILES string of the molecule is CCC(=O)[N-]C(C)C.[W]. The van der Waals surface area contributed by atoms with Gasteiger partial charge in [0.1, 0.15) is 0 Å². The largest absolute Gasteiger partial charge is 0.651 e. The Kier molecular flexibility index (Phi) is 8.30. The van der Waals surface area contributed by atoms with Crippen molar-refractivity contribution in [3.05, 3.63) is 5.32 Å². The van der Waals surface area contributed by atoms with Gasteiger partial charge in [-0.1, -0.05) is 20.8 Å². The van der Waals surface area contributed by atoms with Crippen LogP contribution < -0.4 is 0 Å². The summed E-state index contributed by atoms with van der Waals surface area (Å²) in [6, 6.07) is 0.155. The second-order valence-electron chi connectivity index (χ2n) is 1.97. The molecule has 0 N–H and O–H groups in total. The molecule has 0 unspecified atom stereocenters. The van der Waals surface area contributed by atoms with Crippen LogP contribution in [0.2, 0.25) is 0 Å². The first kappa shape index (κ1) is 11.9. The van der Waals surface area contributed by atoms with Crippen LogP contribution in [0.1, 0.15) is 27.2 Å². The first-order valence-electron chi connectivity index (χ1n) is 2.90. The number of carbonyl (C=O) groups is 1. The summed E-state index contributed by atoms with van der Waals surface area (Å²) in [7, 11) is 0. The average molecular weight is 298 g/mol. The van der Waals surface area contributed by atoms with E-state index in [0.717, 1.165) is 0 Å². The third kappa shape index (κ3) is 8.16. The molecule has 0 radical (unpaired) electrons. The maximum absolute atomic E-state index is 10.5. The van der Waals surface area contributed by atoms with Crippen LogP contribution in [0.15, 0.2) is 0 Å². The monoisotopic (exact) mass is 298 g/mol. The van der Waals surface area contributed by atoms with Crippen LogP contribution in [0.5, 0.6) is 0 Å². The van der Waals surface area contributed by atoms with Crippen molar-refractivity contribution in [3.8, 4) is 0 Å². The minimum atomic E-state index is 0. The van der Waals surface area contributed by atoms with Crippen LogP contribution in [0.3, 0.4) is 0 Å². The molecule has 0 fully saturated rings. The number of carbonyl (C=O) groups excluding carboxylic acids is 1. The number of amides is 1. The fourth-order valence-electron chi connectivity index (χ4n) is 0.379. The second-order valence-corrected chi connectivity index (χ2v) is 1.97. The van der Waals surface area contributed by atoms with E-state index in [-0.39, 0.29) is 33.0 Å². The van der Waals surface area contributed by atoms with E-state index in [2.05, 4.69) is 5.32 Å². The molecule has 1 amide bonds. The minimum absolute atomic E-state index is 0. The van der Waals surface area contributed by atoms with Gasteiger partial charge in [-0.05, 0) is 6.42 Å². The molecule has 0 heterocycles. The molecule has 0 aliphatic heterocycles. The summed E-state index contributed by atoms with van der Waals surface area (Å²) in [4.78, 5) is 10.5. The summed E-state index contributed by atoms with van der Waals surface area (Å²) in [6.45, 7) is 5.61. The topological polar surface area (TPSA) is 31.2 Å². The Morgan fingerprint density at radius 3 is 2.11 bits per heavy atom. The Morgan fingerprint density at radius 1 is 1.56 bits per heavy atom. The first-order valence-corrected chi connectivity index (χ1v) is 2.90. The van der Waals surface area contributed by atoms with Gasteiger partial charge in [0.05, 0.1) is 5.91 Å². The third-order valence-corrected chi connectivity index (χ3v) is 0.705. The van der Waals surface area contributed by atoms with E-state index in [9.17, 15) is 4.79 Å². The maximum Gasteiger partial charge on any atom is 0.0510 e. The molecule has 0 aliphatic rings. The Balaban J connectivity index is 0. The molecule has 0 saturated heterocycles. The zero-order valence-electron chi connectivity index (χ0n) is 6.05. The van der Waals surface area contributed by atoms with Gasteiger partial charge in [-0.25, -0.2) is 0 Å². The van der Waals surface area contributed by atoms with Crippen molar-refractivity contribution in [1.29, 1.82) is 0 Å². The van der Waals surface area contributed by atoms with Crippen molar-refractivity contribution in [2.24, 2.45) is 0 Å². The molecule has 0 aromatic rings. The van der Waals surface area contributed by atoms with Crippen molar-refractivity contribution < 1.29 is 25.9 Å². The summed E-state index contributed by atoms with van der Waals surface area (Å²) < 4.78 is 0. The fraction of sp³-hybridized carbons (Fsp3) is 0.833. The Bertz CT molecular complexity index is 83.1. The zero-order valence-corrected chi connectivity index (χ0v) is 8.98. The summed E-state index contributed by atoms with van der Waals surface area (Å²) in [6.07, 6.45) is 0.526. The number of nitrogens with zero attached hydrogens (tertiary/aromatic N) is 1. The van der Waals surface area contributed by atoms with E-state index in [4.69, 9.17) is 0 Å². The van der Waals surface area contributed by atoms with Crippen LogP contribution in [-0.4, -0.2) is 11.9 Å². The third-order valence-electron chi connectivity index (χ3n) is 0.705. The zero-order chi connectivity index (χ0) is 6.57. The number of rotatable bonds is 2. The van der Waals surface area contributed by atoms with Gasteiger partial charge in [-0.3, -0.25) is 0 Å². The van der Waals surface area contributed by atoms with E-state index in [1.807, 2.05) is 20.8 Å². The van der Waals surface area contributed by atoms with Gasteiger partial charge < -0.3 is 10.1 Å². The maximum atomic E-state index is 10.5. The molecule has 0 atom stereocenters. The normalized spacial score (nSPS) is 8.44. The Hall–Kier alpha value is 0.158. The van der Waals surface area contributed by atoms with Crippen LogP contribution >= 0.6 is 0 Å². The van der Waals surface area contributed by atoms with E-state index >= 15 is 0 Å². The predicted molar refractivity (Wildman–Crippen MR) is 33.8 cm³/mol. The Morgan fingerprint density at radius 2 is 2.00 bits per heavy atom. The first-order chi connectivity index (χ1) is 3.66. The van der Waals surface area contributed by atoms with Gasteiger partial charge >= 0.3 is 0 Å². The van der Waals surface area contributed by atoms with E-state index in [1.54, 1.807) is 0 Å². The minimum Gasteiger partial charge on any atom is -0.651 e. The van der Waals surface area contributed by atoms with Crippen molar-refractivity contribution in [2.75, 3.05) is 0 Å². The molecular weight excluding hydrogens is 286 g/mol. The molecular formula is C6H12NOW-. The van der Waals surface area contributed by atoms with Gasteiger partial charge in [0.25, 0.3) is 0 Å². The quantitative estimate of drug-likeness (QED) is 0.763. The molecule has 54 valence electrons. The average Bonchev–Trinajstić information content (AvgIpc) is 1.65. The molecule has 0 saturated carbocycles. The van der Waals surface area contributed by atoms with Crippen molar-refractivity contribution in [1.82, 2.24) is 0 Å². The van der Waals surface area contributed by atoms with Crippen LogP contribution in [0.4, 0.5) is 0 Å². The van der Waals surface area contributed by atoms with E-state index < -0.39 is 0 Å². The van der Waals surface area contributed by atoms with Crippen LogP contribution in [-0.2, 0) is 25.9 Å². The molecule has 0 bridgehead atoms.